The van der Waals surface area contributed by atoms with Gasteiger partial charge >= 0.3 is 0 Å². The van der Waals surface area contributed by atoms with Gasteiger partial charge in [-0.15, -0.1) is 0 Å². The van der Waals surface area contributed by atoms with Crippen molar-refractivity contribution in [3.8, 4) is 0 Å². The Morgan fingerprint density at radius 1 is 1.33 bits per heavy atom. The van der Waals surface area contributed by atoms with Crippen LogP contribution in [0.2, 0.25) is 0 Å². The van der Waals surface area contributed by atoms with E-state index in [0.29, 0.717) is 24.3 Å². The molecule has 0 aromatic rings. The van der Waals surface area contributed by atoms with Gasteiger partial charge in [-0.05, 0) is 25.2 Å². The Balaban J connectivity index is 0.000000921. The molecule has 0 spiro atoms. The minimum atomic E-state index is 0.332. The highest BCUT2D eigenvalue weighted by atomic mass is 16.2. The van der Waals surface area contributed by atoms with Gasteiger partial charge in [-0.25, -0.2) is 0 Å². The van der Waals surface area contributed by atoms with Gasteiger partial charge in [0.1, 0.15) is 0 Å². The van der Waals surface area contributed by atoms with E-state index >= 15 is 0 Å². The zero-order chi connectivity index (χ0) is 11.8. The summed E-state index contributed by atoms with van der Waals surface area (Å²) >= 11 is 0. The molecule has 0 aromatic carbocycles. The predicted octanol–water partition coefficient (Wildman–Crippen LogP) is 3.46. The van der Waals surface area contributed by atoms with Crippen molar-refractivity contribution in [2.45, 2.75) is 66.3 Å². The number of hydrogen-bond donors (Lipinski definition) is 0. The van der Waals surface area contributed by atoms with E-state index in [2.05, 4.69) is 18.7 Å². The molecule has 0 saturated carbocycles. The van der Waals surface area contributed by atoms with Crippen LogP contribution in [0.15, 0.2) is 0 Å². The molecular weight excluding hydrogens is 186 g/mol. The lowest BCUT2D eigenvalue weighted by atomic mass is 9.92. The summed E-state index contributed by atoms with van der Waals surface area (Å²) in [5, 5.41) is 0. The van der Waals surface area contributed by atoms with Crippen molar-refractivity contribution in [3.05, 3.63) is 0 Å². The molecule has 0 aliphatic carbocycles. The van der Waals surface area contributed by atoms with Crippen molar-refractivity contribution >= 4 is 5.91 Å². The number of amides is 1. The number of rotatable bonds is 2. The first kappa shape index (κ1) is 14.5. The molecule has 1 aliphatic rings. The highest BCUT2D eigenvalue weighted by Gasteiger charge is 2.27. The number of hydrogen-bond acceptors (Lipinski definition) is 1. The van der Waals surface area contributed by atoms with Gasteiger partial charge in [0.2, 0.25) is 5.91 Å². The van der Waals surface area contributed by atoms with Crippen molar-refractivity contribution in [2.75, 3.05) is 6.54 Å². The third kappa shape index (κ3) is 4.23. The molecule has 1 aliphatic heterocycles. The summed E-state index contributed by atoms with van der Waals surface area (Å²) in [7, 11) is 0. The SMILES string of the molecule is CC.CCC(=O)N1CCCCC1C(C)C. The summed E-state index contributed by atoms with van der Waals surface area (Å²) in [4.78, 5) is 13.7. The van der Waals surface area contributed by atoms with Crippen molar-refractivity contribution in [1.29, 1.82) is 0 Å². The van der Waals surface area contributed by atoms with Crippen molar-refractivity contribution in [3.63, 3.8) is 0 Å². The van der Waals surface area contributed by atoms with Crippen LogP contribution in [-0.4, -0.2) is 23.4 Å². The summed E-state index contributed by atoms with van der Waals surface area (Å²) in [5.74, 6) is 0.939. The molecule has 1 amide bonds. The zero-order valence-corrected chi connectivity index (χ0v) is 11.0. The van der Waals surface area contributed by atoms with Crippen molar-refractivity contribution in [2.24, 2.45) is 5.92 Å². The fourth-order valence-corrected chi connectivity index (χ4v) is 2.16. The topological polar surface area (TPSA) is 20.3 Å². The highest BCUT2D eigenvalue weighted by Crippen LogP contribution is 2.23. The number of carbonyl (C=O) groups is 1. The number of piperidine rings is 1. The maximum absolute atomic E-state index is 11.6. The average Bonchev–Trinajstić information content (AvgIpc) is 2.30. The number of nitrogens with zero attached hydrogens (tertiary/aromatic N) is 1. The zero-order valence-electron chi connectivity index (χ0n) is 11.0. The second-order valence-electron chi connectivity index (χ2n) is 4.25. The third-order valence-corrected chi connectivity index (χ3v) is 2.94. The van der Waals surface area contributed by atoms with E-state index in [9.17, 15) is 4.79 Å². The summed E-state index contributed by atoms with van der Waals surface area (Å²) in [6.45, 7) is 11.4. The smallest absolute Gasteiger partial charge is 0.222 e. The Morgan fingerprint density at radius 3 is 2.40 bits per heavy atom. The maximum Gasteiger partial charge on any atom is 0.222 e. The minimum Gasteiger partial charge on any atom is -0.339 e. The summed E-state index contributed by atoms with van der Waals surface area (Å²) in [6.07, 6.45) is 4.33. The molecule has 0 N–H and O–H groups in total. The summed E-state index contributed by atoms with van der Waals surface area (Å²) < 4.78 is 0. The van der Waals surface area contributed by atoms with E-state index in [1.807, 2.05) is 20.8 Å². The van der Waals surface area contributed by atoms with Gasteiger partial charge in [-0.2, -0.15) is 0 Å². The molecular formula is C13H27NO. The van der Waals surface area contributed by atoms with Crippen molar-refractivity contribution < 1.29 is 4.79 Å². The Bertz CT molecular complexity index is 177. The monoisotopic (exact) mass is 213 g/mol. The van der Waals surface area contributed by atoms with Crippen LogP contribution in [0.4, 0.5) is 0 Å². The van der Waals surface area contributed by atoms with E-state index in [0.717, 1.165) is 6.54 Å². The predicted molar refractivity (Wildman–Crippen MR) is 65.8 cm³/mol. The van der Waals surface area contributed by atoms with Gasteiger partial charge in [-0.1, -0.05) is 34.6 Å². The lowest BCUT2D eigenvalue weighted by molar-refractivity contribution is -0.135. The number of likely N-dealkylation sites (tertiary alicyclic amines) is 1. The molecule has 1 rings (SSSR count). The first-order valence-corrected chi connectivity index (χ1v) is 6.46. The molecule has 0 aromatic heterocycles. The molecule has 90 valence electrons. The molecule has 2 heteroatoms. The molecule has 1 fully saturated rings. The van der Waals surface area contributed by atoms with Crippen LogP contribution in [-0.2, 0) is 4.79 Å². The minimum absolute atomic E-state index is 0.332. The van der Waals surface area contributed by atoms with Gasteiger partial charge < -0.3 is 4.90 Å². The fourth-order valence-electron chi connectivity index (χ4n) is 2.16. The van der Waals surface area contributed by atoms with Crippen LogP contribution in [0, 0.1) is 5.92 Å². The van der Waals surface area contributed by atoms with Crippen LogP contribution in [0.3, 0.4) is 0 Å². The van der Waals surface area contributed by atoms with Crippen LogP contribution in [0.1, 0.15) is 60.3 Å². The van der Waals surface area contributed by atoms with Crippen LogP contribution in [0.5, 0.6) is 0 Å². The Morgan fingerprint density at radius 2 is 1.93 bits per heavy atom. The molecule has 0 bridgehead atoms. The van der Waals surface area contributed by atoms with E-state index in [1.54, 1.807) is 0 Å². The molecule has 0 radical (unpaired) electrons. The van der Waals surface area contributed by atoms with E-state index in [-0.39, 0.29) is 0 Å². The van der Waals surface area contributed by atoms with Crippen LogP contribution < -0.4 is 0 Å². The van der Waals surface area contributed by atoms with Gasteiger partial charge in [-0.3, -0.25) is 4.79 Å². The first-order valence-electron chi connectivity index (χ1n) is 6.46. The van der Waals surface area contributed by atoms with Gasteiger partial charge in [0, 0.05) is 19.0 Å². The fraction of sp³-hybridized carbons (Fsp3) is 0.923. The molecule has 15 heavy (non-hydrogen) atoms. The van der Waals surface area contributed by atoms with Gasteiger partial charge in [0.15, 0.2) is 0 Å². The number of carbonyl (C=O) groups excluding carboxylic acids is 1. The molecule has 1 atom stereocenters. The lowest BCUT2D eigenvalue weighted by Gasteiger charge is -2.38. The first-order chi connectivity index (χ1) is 7.16. The largest absolute Gasteiger partial charge is 0.339 e. The quantitative estimate of drug-likeness (QED) is 0.688. The Hall–Kier alpha value is -0.530. The normalized spacial score (nSPS) is 20.9. The maximum atomic E-state index is 11.6. The molecule has 1 saturated heterocycles. The van der Waals surface area contributed by atoms with Crippen LogP contribution in [0.25, 0.3) is 0 Å². The van der Waals surface area contributed by atoms with E-state index in [4.69, 9.17) is 0 Å². The molecule has 1 unspecified atom stereocenters. The highest BCUT2D eigenvalue weighted by molar-refractivity contribution is 5.76. The van der Waals surface area contributed by atoms with Crippen LogP contribution >= 0.6 is 0 Å². The van der Waals surface area contributed by atoms with Gasteiger partial charge in [0.25, 0.3) is 0 Å². The summed E-state index contributed by atoms with van der Waals surface area (Å²) in [6, 6.07) is 0.501. The Labute approximate surface area is 95.0 Å². The lowest BCUT2D eigenvalue weighted by Crippen LogP contribution is -2.46. The second-order valence-corrected chi connectivity index (χ2v) is 4.25. The molecule has 2 nitrogen and oxygen atoms in total. The third-order valence-electron chi connectivity index (χ3n) is 2.94. The van der Waals surface area contributed by atoms with E-state index in [1.165, 1.54) is 19.3 Å². The van der Waals surface area contributed by atoms with E-state index < -0.39 is 0 Å². The Kier molecular flexibility index (Phi) is 7.45. The molecule has 1 heterocycles. The second kappa shape index (κ2) is 7.72. The summed E-state index contributed by atoms with van der Waals surface area (Å²) in [5.41, 5.74) is 0. The van der Waals surface area contributed by atoms with Gasteiger partial charge in [0.05, 0.1) is 0 Å². The van der Waals surface area contributed by atoms with Crippen molar-refractivity contribution in [1.82, 2.24) is 4.90 Å². The average molecular weight is 213 g/mol. The standard InChI is InChI=1S/C11H21NO.C2H6/c1-4-11(13)12-8-6-5-7-10(12)9(2)3;1-2/h9-10H,4-8H2,1-3H3;1-2H3.